The molecular weight excluding hydrogens is 626 g/mol. The van der Waals surface area contributed by atoms with Crippen LogP contribution in [0.4, 0.5) is 23.2 Å². The number of aromatic nitrogens is 3. The highest BCUT2D eigenvalue weighted by molar-refractivity contribution is 7.89. The first-order chi connectivity index (χ1) is 20.7. The van der Waals surface area contributed by atoms with Crippen molar-refractivity contribution in [3.63, 3.8) is 0 Å². The molecule has 2 saturated heterocycles. The van der Waals surface area contributed by atoms with Crippen LogP contribution in [-0.2, 0) is 34.5 Å². The number of carbonyl (C=O) groups excluding carboxylic acids is 1. The number of pyridine rings is 1. The minimum Gasteiger partial charge on any atom is -0.323 e. The number of rotatable bonds is 8. The van der Waals surface area contributed by atoms with Gasteiger partial charge in [0.15, 0.2) is 5.69 Å². The topological polar surface area (TPSA) is 135 Å². The molecule has 0 aliphatic carbocycles. The smallest absolute Gasteiger partial charge is 0.323 e. The van der Waals surface area contributed by atoms with Crippen molar-refractivity contribution in [2.45, 2.75) is 55.9 Å². The molecule has 4 heterocycles. The molecular formula is C28H32ClF4N7O3S. The van der Waals surface area contributed by atoms with E-state index in [1.54, 1.807) is 12.1 Å². The lowest BCUT2D eigenvalue weighted by Gasteiger charge is -2.37. The first-order valence-corrected chi connectivity index (χ1v) is 16.0. The molecule has 44 heavy (non-hydrogen) atoms. The van der Waals surface area contributed by atoms with E-state index in [4.69, 9.17) is 17.3 Å². The van der Waals surface area contributed by atoms with E-state index in [1.807, 2.05) is 0 Å². The van der Waals surface area contributed by atoms with Crippen LogP contribution in [0.5, 0.6) is 0 Å². The molecule has 2 aromatic heterocycles. The van der Waals surface area contributed by atoms with Gasteiger partial charge in [0.25, 0.3) is 0 Å². The number of benzene rings is 1. The molecule has 1 amide bonds. The second-order valence-electron chi connectivity index (χ2n) is 11.1. The van der Waals surface area contributed by atoms with E-state index in [0.29, 0.717) is 30.1 Å². The number of halogens is 5. The van der Waals surface area contributed by atoms with E-state index in [1.165, 1.54) is 29.7 Å². The molecule has 4 N–H and O–H groups in total. The molecule has 2 aliphatic rings. The summed E-state index contributed by atoms with van der Waals surface area (Å²) in [4.78, 5) is 17.4. The van der Waals surface area contributed by atoms with Crippen LogP contribution < -0.4 is 16.4 Å². The molecule has 16 heteroatoms. The van der Waals surface area contributed by atoms with E-state index >= 15 is 4.39 Å². The highest BCUT2D eigenvalue weighted by Gasteiger charge is 2.39. The first-order valence-electron chi connectivity index (χ1n) is 14.0. The van der Waals surface area contributed by atoms with Crippen LogP contribution in [0, 0.1) is 5.82 Å². The Morgan fingerprint density at radius 1 is 1.25 bits per heavy atom. The number of alkyl halides is 3. The summed E-state index contributed by atoms with van der Waals surface area (Å²) < 4.78 is 83.8. The lowest BCUT2D eigenvalue weighted by atomic mass is 9.88. The van der Waals surface area contributed by atoms with Crippen molar-refractivity contribution in [2.75, 3.05) is 24.2 Å². The second-order valence-corrected chi connectivity index (χ2v) is 13.6. The van der Waals surface area contributed by atoms with Crippen LogP contribution in [-0.4, -0.2) is 70.4 Å². The molecule has 0 radical (unpaired) electrons. The molecule has 2 bridgehead atoms. The number of amides is 1. The van der Waals surface area contributed by atoms with Crippen molar-refractivity contribution >= 4 is 33.2 Å². The standard InChI is InChI=1S/C28H32ClF4N7O3S/c1-39-23(11-24(38-39)28(31,32)33)25(16-4-6-17(29)7-5-16)26(34)27(41)37-22-14-35-13-21(30)20(22)9-8-19-12-36-18-3-2-10-44(42,43)40(19)15-18/h4-7,11,13-14,18-19,25-26,36H,2-3,8-10,12,15,34H2,1H3,(H,37,41)/t18-,19+,25?,26?/m1/s1. The van der Waals surface area contributed by atoms with Gasteiger partial charge in [-0.3, -0.25) is 14.5 Å². The molecule has 5 rings (SSSR count). The maximum absolute atomic E-state index is 15.1. The van der Waals surface area contributed by atoms with Gasteiger partial charge >= 0.3 is 6.18 Å². The minimum atomic E-state index is -4.73. The fourth-order valence-corrected chi connectivity index (χ4v) is 7.82. The summed E-state index contributed by atoms with van der Waals surface area (Å²) in [6.07, 6.45) is -0.803. The summed E-state index contributed by atoms with van der Waals surface area (Å²) in [7, 11) is -2.14. The summed E-state index contributed by atoms with van der Waals surface area (Å²) in [5.41, 5.74) is 5.85. The van der Waals surface area contributed by atoms with E-state index in [2.05, 4.69) is 20.7 Å². The van der Waals surface area contributed by atoms with Crippen LogP contribution in [0.15, 0.2) is 42.7 Å². The van der Waals surface area contributed by atoms with Crippen LogP contribution in [0.25, 0.3) is 0 Å². The zero-order valence-electron chi connectivity index (χ0n) is 23.7. The first kappa shape index (κ1) is 32.3. The van der Waals surface area contributed by atoms with Crippen LogP contribution in [0.1, 0.15) is 47.7 Å². The number of sulfonamides is 1. The molecule has 1 aromatic carbocycles. The summed E-state index contributed by atoms with van der Waals surface area (Å²) in [5.74, 6) is -2.53. The molecule has 2 fully saturated rings. The Labute approximate surface area is 257 Å². The van der Waals surface area contributed by atoms with Gasteiger partial charge in [-0.25, -0.2) is 12.8 Å². The van der Waals surface area contributed by atoms with Gasteiger partial charge in [-0.15, -0.1) is 0 Å². The summed E-state index contributed by atoms with van der Waals surface area (Å²) in [6, 6.07) is 5.21. The fourth-order valence-electron chi connectivity index (χ4n) is 5.89. The Morgan fingerprint density at radius 3 is 2.66 bits per heavy atom. The van der Waals surface area contributed by atoms with E-state index in [0.717, 1.165) is 23.4 Å². The van der Waals surface area contributed by atoms with Gasteiger partial charge in [0.05, 0.1) is 35.8 Å². The van der Waals surface area contributed by atoms with Crippen LogP contribution >= 0.6 is 11.6 Å². The molecule has 0 spiro atoms. The number of carbonyl (C=O) groups is 1. The highest BCUT2D eigenvalue weighted by atomic mass is 35.5. The number of nitrogens with two attached hydrogens (primary N) is 1. The molecule has 0 saturated carbocycles. The largest absolute Gasteiger partial charge is 0.435 e. The van der Waals surface area contributed by atoms with E-state index in [9.17, 15) is 26.4 Å². The van der Waals surface area contributed by atoms with Gasteiger partial charge in [0.2, 0.25) is 15.9 Å². The highest BCUT2D eigenvalue weighted by Crippen LogP contribution is 2.35. The van der Waals surface area contributed by atoms with Crippen molar-refractivity contribution in [1.82, 2.24) is 24.4 Å². The van der Waals surface area contributed by atoms with Crippen molar-refractivity contribution < 1.29 is 30.8 Å². The SMILES string of the molecule is Cn1nc(C(F)(F)F)cc1C(c1ccc(Cl)cc1)C(N)C(=O)Nc1cncc(F)c1CC[C@H]1CN[C@@H]2CCCS(=O)(=O)N1C2. The number of hydrogen-bond donors (Lipinski definition) is 3. The third-order valence-corrected chi connectivity index (χ3v) is 10.4. The van der Waals surface area contributed by atoms with Crippen LogP contribution in [0.2, 0.25) is 5.02 Å². The number of nitrogens with one attached hydrogen (secondary N) is 2. The van der Waals surface area contributed by atoms with Gasteiger partial charge in [-0.05, 0) is 49.4 Å². The van der Waals surface area contributed by atoms with Crippen molar-refractivity contribution in [3.8, 4) is 0 Å². The predicted molar refractivity (Wildman–Crippen MR) is 156 cm³/mol. The fraction of sp³-hybridized carbons (Fsp3) is 0.464. The number of hydrogen-bond acceptors (Lipinski definition) is 7. The molecule has 3 unspecified atom stereocenters. The van der Waals surface area contributed by atoms with Crippen LogP contribution in [0.3, 0.4) is 0 Å². The van der Waals surface area contributed by atoms with E-state index in [-0.39, 0.29) is 41.6 Å². The van der Waals surface area contributed by atoms with E-state index < -0.39 is 51.6 Å². The summed E-state index contributed by atoms with van der Waals surface area (Å²) in [6.45, 7) is 0.761. The Balaban J connectivity index is 1.39. The van der Waals surface area contributed by atoms with Gasteiger partial charge in [0, 0.05) is 48.5 Å². The monoisotopic (exact) mass is 657 g/mol. The van der Waals surface area contributed by atoms with Crippen molar-refractivity contribution in [2.24, 2.45) is 12.8 Å². The third kappa shape index (κ3) is 6.91. The quantitative estimate of drug-likeness (QED) is 0.316. The lowest BCUT2D eigenvalue weighted by molar-refractivity contribution is -0.141. The van der Waals surface area contributed by atoms with Gasteiger partial charge in [-0.1, -0.05) is 23.7 Å². The maximum atomic E-state index is 15.1. The normalized spacial score (nSPS) is 23.0. The summed E-state index contributed by atoms with van der Waals surface area (Å²) in [5, 5.41) is 9.92. The number of piperazine rings is 1. The minimum absolute atomic E-state index is 0.0293. The maximum Gasteiger partial charge on any atom is 0.435 e. The number of nitrogens with zero attached hydrogens (tertiary/aromatic N) is 4. The predicted octanol–water partition coefficient (Wildman–Crippen LogP) is 3.42. The molecule has 2 aliphatic heterocycles. The second kappa shape index (κ2) is 12.7. The molecule has 5 atom stereocenters. The average molecular weight is 658 g/mol. The molecule has 3 aromatic rings. The Morgan fingerprint density at radius 2 is 1.98 bits per heavy atom. The average Bonchev–Trinajstić information content (AvgIpc) is 3.30. The number of fused-ring (bicyclic) bond motifs is 2. The molecule has 10 nitrogen and oxygen atoms in total. The molecule has 238 valence electrons. The third-order valence-electron chi connectivity index (χ3n) is 8.17. The Hall–Kier alpha value is -3.11. The van der Waals surface area contributed by atoms with Crippen molar-refractivity contribution in [3.05, 3.63) is 76.1 Å². The van der Waals surface area contributed by atoms with Gasteiger partial charge in [0.1, 0.15) is 5.82 Å². The van der Waals surface area contributed by atoms with Crippen molar-refractivity contribution in [1.29, 1.82) is 0 Å². The zero-order valence-corrected chi connectivity index (χ0v) is 25.3. The van der Waals surface area contributed by atoms with Gasteiger partial charge in [-0.2, -0.15) is 22.6 Å². The number of anilines is 1. The lowest BCUT2D eigenvalue weighted by Crippen LogP contribution is -2.57. The Bertz CT molecular complexity index is 1620. The Kier molecular flexibility index (Phi) is 9.33. The van der Waals surface area contributed by atoms with Gasteiger partial charge < -0.3 is 16.4 Å². The number of aryl methyl sites for hydroxylation is 1. The zero-order chi connectivity index (χ0) is 31.8. The summed E-state index contributed by atoms with van der Waals surface area (Å²) >= 11 is 6.02.